The van der Waals surface area contributed by atoms with E-state index in [1.165, 1.54) is 0 Å². The van der Waals surface area contributed by atoms with Crippen LogP contribution < -0.4 is 0 Å². The average Bonchev–Trinajstić information content (AvgIpc) is 2.94. The highest BCUT2D eigenvalue weighted by Gasteiger charge is 2.16. The maximum atomic E-state index is 12.9. The van der Waals surface area contributed by atoms with Gasteiger partial charge >= 0.3 is 0 Å². The van der Waals surface area contributed by atoms with Gasteiger partial charge in [0.1, 0.15) is 5.75 Å². The predicted molar refractivity (Wildman–Crippen MR) is 100 cm³/mol. The van der Waals surface area contributed by atoms with E-state index in [4.69, 9.17) is 11.6 Å². The first-order chi connectivity index (χ1) is 11.6. The molecular weight excluding hydrogens is 322 g/mol. The molecule has 0 aliphatic rings. The standard InChI is InChI=1S/C18H16ClNO2.C2H6/c1-2-3-15-10-13-11-16(21)8-9-17(13)20(15)18(22)12-4-6-14(19)7-5-12;1-2/h4-11,21H,2-3H2,1H3;1-2H3. The summed E-state index contributed by atoms with van der Waals surface area (Å²) in [6, 6.07) is 13.9. The zero-order valence-corrected chi connectivity index (χ0v) is 15.0. The zero-order valence-electron chi connectivity index (χ0n) is 14.2. The molecule has 4 heteroatoms. The van der Waals surface area contributed by atoms with Crippen molar-refractivity contribution in [2.45, 2.75) is 33.6 Å². The van der Waals surface area contributed by atoms with E-state index < -0.39 is 0 Å². The van der Waals surface area contributed by atoms with Gasteiger partial charge in [-0.1, -0.05) is 38.8 Å². The van der Waals surface area contributed by atoms with Crippen LogP contribution in [0.2, 0.25) is 5.02 Å². The van der Waals surface area contributed by atoms with Crippen LogP contribution in [0.15, 0.2) is 48.5 Å². The topological polar surface area (TPSA) is 42.2 Å². The zero-order chi connectivity index (χ0) is 17.7. The highest BCUT2D eigenvalue weighted by Crippen LogP contribution is 2.26. The number of carbonyl (C=O) groups is 1. The highest BCUT2D eigenvalue weighted by atomic mass is 35.5. The largest absolute Gasteiger partial charge is 0.508 e. The van der Waals surface area contributed by atoms with Crippen LogP contribution in [-0.2, 0) is 6.42 Å². The Bertz CT molecular complexity index is 835. The fraction of sp³-hybridized carbons (Fsp3) is 0.250. The van der Waals surface area contributed by atoms with Crippen LogP contribution in [0.25, 0.3) is 10.9 Å². The molecule has 0 unspecified atom stereocenters. The number of aromatic nitrogens is 1. The third-order valence-electron chi connectivity index (χ3n) is 3.66. The summed E-state index contributed by atoms with van der Waals surface area (Å²) in [5.74, 6) is 0.118. The molecule has 0 aliphatic carbocycles. The second-order valence-electron chi connectivity index (χ2n) is 5.28. The van der Waals surface area contributed by atoms with Crippen molar-refractivity contribution in [1.29, 1.82) is 0 Å². The van der Waals surface area contributed by atoms with Crippen LogP contribution in [0.5, 0.6) is 5.75 Å². The molecule has 0 atom stereocenters. The molecule has 0 saturated carbocycles. The second kappa shape index (κ2) is 8.02. The molecule has 0 fully saturated rings. The van der Waals surface area contributed by atoms with E-state index in [0.717, 1.165) is 29.4 Å². The second-order valence-corrected chi connectivity index (χ2v) is 5.71. The van der Waals surface area contributed by atoms with Gasteiger partial charge in [-0.15, -0.1) is 0 Å². The first-order valence-corrected chi connectivity index (χ1v) is 8.61. The number of aryl methyl sites for hydroxylation is 1. The van der Waals surface area contributed by atoms with Crippen LogP contribution in [0.1, 0.15) is 43.2 Å². The summed E-state index contributed by atoms with van der Waals surface area (Å²) < 4.78 is 1.72. The summed E-state index contributed by atoms with van der Waals surface area (Å²) in [5.41, 5.74) is 2.34. The van der Waals surface area contributed by atoms with Gasteiger partial charge in [0.2, 0.25) is 0 Å². The first kappa shape index (κ1) is 18.1. The van der Waals surface area contributed by atoms with Gasteiger partial charge in [-0.2, -0.15) is 0 Å². The number of hydrogen-bond acceptors (Lipinski definition) is 2. The summed E-state index contributed by atoms with van der Waals surface area (Å²) in [6.07, 6.45) is 1.74. The van der Waals surface area contributed by atoms with Crippen molar-refractivity contribution >= 4 is 28.4 Å². The quantitative estimate of drug-likeness (QED) is 0.666. The van der Waals surface area contributed by atoms with Gasteiger partial charge in [0.15, 0.2) is 0 Å². The lowest BCUT2D eigenvalue weighted by atomic mass is 10.2. The van der Waals surface area contributed by atoms with E-state index in [9.17, 15) is 9.90 Å². The van der Waals surface area contributed by atoms with Gasteiger partial charge in [-0.3, -0.25) is 9.36 Å². The molecule has 0 radical (unpaired) electrons. The molecule has 1 N–H and O–H groups in total. The summed E-state index contributed by atoms with van der Waals surface area (Å²) in [4.78, 5) is 12.9. The Morgan fingerprint density at radius 1 is 1.08 bits per heavy atom. The SMILES string of the molecule is CC.CCCc1cc2cc(O)ccc2n1C(=O)c1ccc(Cl)cc1. The first-order valence-electron chi connectivity index (χ1n) is 8.23. The fourth-order valence-corrected chi connectivity index (χ4v) is 2.79. The Morgan fingerprint density at radius 3 is 2.38 bits per heavy atom. The van der Waals surface area contributed by atoms with E-state index in [0.29, 0.717) is 10.6 Å². The summed E-state index contributed by atoms with van der Waals surface area (Å²) in [7, 11) is 0. The highest BCUT2D eigenvalue weighted by molar-refractivity contribution is 6.30. The lowest BCUT2D eigenvalue weighted by molar-refractivity contribution is 0.0962. The number of phenols is 1. The smallest absolute Gasteiger partial charge is 0.262 e. The predicted octanol–water partition coefficient (Wildman–Crippen LogP) is 5.67. The molecule has 3 nitrogen and oxygen atoms in total. The van der Waals surface area contributed by atoms with Crippen molar-refractivity contribution in [2.24, 2.45) is 0 Å². The van der Waals surface area contributed by atoms with Crippen LogP contribution in [-0.4, -0.2) is 15.6 Å². The lowest BCUT2D eigenvalue weighted by Gasteiger charge is -2.09. The van der Waals surface area contributed by atoms with Crippen LogP contribution in [0.4, 0.5) is 0 Å². The Kier molecular flexibility index (Phi) is 6.04. The maximum absolute atomic E-state index is 12.9. The molecule has 0 bridgehead atoms. The van der Waals surface area contributed by atoms with Crippen molar-refractivity contribution in [3.05, 3.63) is 64.8 Å². The molecule has 0 spiro atoms. The van der Waals surface area contributed by atoms with Crippen LogP contribution >= 0.6 is 11.6 Å². The van der Waals surface area contributed by atoms with Crippen molar-refractivity contribution in [3.8, 4) is 5.75 Å². The molecule has 1 aromatic heterocycles. The van der Waals surface area contributed by atoms with Crippen molar-refractivity contribution in [2.75, 3.05) is 0 Å². The number of benzene rings is 2. The van der Waals surface area contributed by atoms with Crippen molar-refractivity contribution in [3.63, 3.8) is 0 Å². The fourth-order valence-electron chi connectivity index (χ4n) is 2.66. The number of fused-ring (bicyclic) bond motifs is 1. The monoisotopic (exact) mass is 343 g/mol. The third-order valence-corrected chi connectivity index (χ3v) is 3.91. The maximum Gasteiger partial charge on any atom is 0.262 e. The minimum absolute atomic E-state index is 0.0826. The molecule has 0 amide bonds. The summed E-state index contributed by atoms with van der Waals surface area (Å²) >= 11 is 5.89. The lowest BCUT2D eigenvalue weighted by Crippen LogP contribution is -2.14. The molecule has 0 aliphatic heterocycles. The van der Waals surface area contributed by atoms with E-state index in [1.54, 1.807) is 47.0 Å². The molecule has 3 aromatic rings. The van der Waals surface area contributed by atoms with Gasteiger partial charge in [0.25, 0.3) is 5.91 Å². The molecule has 0 saturated heterocycles. The number of carbonyl (C=O) groups excluding carboxylic acids is 1. The molecule has 24 heavy (non-hydrogen) atoms. The summed E-state index contributed by atoms with van der Waals surface area (Å²) in [6.45, 7) is 6.08. The van der Waals surface area contributed by atoms with Crippen LogP contribution in [0.3, 0.4) is 0 Å². The number of nitrogens with zero attached hydrogens (tertiary/aromatic N) is 1. The normalized spacial score (nSPS) is 10.3. The third kappa shape index (κ3) is 3.62. The molecule has 2 aromatic carbocycles. The molecule has 1 heterocycles. The molecule has 3 rings (SSSR count). The van der Waals surface area contributed by atoms with Gasteiger partial charge in [-0.25, -0.2) is 0 Å². The van der Waals surface area contributed by atoms with Gasteiger partial charge in [0, 0.05) is 21.7 Å². The Morgan fingerprint density at radius 2 is 1.75 bits per heavy atom. The van der Waals surface area contributed by atoms with E-state index in [2.05, 4.69) is 6.92 Å². The molecular formula is C20H22ClNO2. The summed E-state index contributed by atoms with van der Waals surface area (Å²) in [5, 5.41) is 11.1. The number of aromatic hydroxyl groups is 1. The van der Waals surface area contributed by atoms with Crippen molar-refractivity contribution < 1.29 is 9.90 Å². The number of hydrogen-bond donors (Lipinski definition) is 1. The average molecular weight is 344 g/mol. The minimum Gasteiger partial charge on any atom is -0.508 e. The van der Waals surface area contributed by atoms with E-state index in [1.807, 2.05) is 19.9 Å². The minimum atomic E-state index is -0.0826. The number of halogens is 1. The Labute approximate surface area is 147 Å². The van der Waals surface area contributed by atoms with Crippen LogP contribution in [0, 0.1) is 0 Å². The van der Waals surface area contributed by atoms with E-state index >= 15 is 0 Å². The Balaban J connectivity index is 0.00000100. The number of rotatable bonds is 3. The van der Waals surface area contributed by atoms with Crippen molar-refractivity contribution in [1.82, 2.24) is 4.57 Å². The van der Waals surface area contributed by atoms with Gasteiger partial charge in [-0.05, 0) is 55.0 Å². The number of phenolic OH excluding ortho intramolecular Hbond substituents is 1. The van der Waals surface area contributed by atoms with Gasteiger partial charge in [0.05, 0.1) is 5.52 Å². The Hall–Kier alpha value is -2.26. The van der Waals surface area contributed by atoms with Gasteiger partial charge < -0.3 is 5.11 Å². The molecule has 126 valence electrons. The van der Waals surface area contributed by atoms with E-state index in [-0.39, 0.29) is 11.7 Å².